The lowest BCUT2D eigenvalue weighted by molar-refractivity contribution is 0.403. The van der Waals surface area contributed by atoms with Gasteiger partial charge in [0, 0.05) is 6.07 Å². The fourth-order valence-electron chi connectivity index (χ4n) is 1.39. The van der Waals surface area contributed by atoms with Crippen LogP contribution in [0.5, 0.6) is 17.2 Å². The molecular weight excluding hydrogens is 264 g/mol. The van der Waals surface area contributed by atoms with E-state index in [9.17, 15) is 23.4 Å². The van der Waals surface area contributed by atoms with Crippen LogP contribution in [0.25, 0.3) is 11.0 Å². The van der Waals surface area contributed by atoms with Gasteiger partial charge in [0.15, 0.2) is 17.2 Å². The van der Waals surface area contributed by atoms with Crippen molar-refractivity contribution in [2.45, 2.75) is 0 Å². The Bertz CT molecular complexity index is 773. The monoisotopic (exact) mass is 272 g/mol. The maximum absolute atomic E-state index is 11.2. The summed E-state index contributed by atoms with van der Waals surface area (Å²) in [4.78, 5) is 11.2. The number of phenolic OH excluding ortho intramolecular Hbond substituents is 2. The van der Waals surface area contributed by atoms with Crippen LogP contribution in [0, 0.1) is 0 Å². The lowest BCUT2D eigenvalue weighted by Gasteiger charge is -2.06. The van der Waals surface area contributed by atoms with Crippen molar-refractivity contribution in [3.8, 4) is 17.2 Å². The molecule has 0 aliphatic heterocycles. The highest BCUT2D eigenvalue weighted by molar-refractivity contribution is 7.86. The largest absolute Gasteiger partial charge is 0.504 e. The van der Waals surface area contributed by atoms with Crippen molar-refractivity contribution in [1.82, 2.24) is 0 Å². The van der Waals surface area contributed by atoms with E-state index < -0.39 is 27.2 Å². The standard InChI is InChI=1S/C10H8O7S/c1-18(14,15)17-9-4-10(13)16-8-3-7(12)6(11)2-5(8)9/h2-4,11-12H,1H3. The first-order valence-electron chi connectivity index (χ1n) is 4.65. The molecule has 1 aromatic carbocycles. The number of hydrogen-bond donors (Lipinski definition) is 2. The molecule has 0 spiro atoms. The summed E-state index contributed by atoms with van der Waals surface area (Å²) in [7, 11) is -3.83. The third kappa shape index (κ3) is 2.38. The molecule has 0 bridgehead atoms. The van der Waals surface area contributed by atoms with Crippen LogP contribution >= 0.6 is 0 Å². The molecule has 0 fully saturated rings. The zero-order valence-electron chi connectivity index (χ0n) is 9.08. The van der Waals surface area contributed by atoms with Gasteiger partial charge in [-0.25, -0.2) is 4.79 Å². The van der Waals surface area contributed by atoms with E-state index in [0.717, 1.165) is 24.5 Å². The summed E-state index contributed by atoms with van der Waals surface area (Å²) in [5, 5.41) is 18.6. The Morgan fingerprint density at radius 2 is 1.78 bits per heavy atom. The van der Waals surface area contributed by atoms with E-state index in [-0.39, 0.29) is 16.7 Å². The van der Waals surface area contributed by atoms with Crippen LogP contribution in [0.15, 0.2) is 27.4 Å². The van der Waals surface area contributed by atoms with Gasteiger partial charge in [-0.2, -0.15) is 8.42 Å². The summed E-state index contributed by atoms with van der Waals surface area (Å²) in [6, 6.07) is 2.86. The van der Waals surface area contributed by atoms with E-state index in [2.05, 4.69) is 4.18 Å². The molecule has 18 heavy (non-hydrogen) atoms. The van der Waals surface area contributed by atoms with Gasteiger partial charge in [0.1, 0.15) is 5.58 Å². The lowest BCUT2D eigenvalue weighted by Crippen LogP contribution is -2.08. The van der Waals surface area contributed by atoms with Crippen molar-refractivity contribution in [3.05, 3.63) is 28.6 Å². The molecule has 0 radical (unpaired) electrons. The van der Waals surface area contributed by atoms with Gasteiger partial charge in [0.2, 0.25) is 0 Å². The minimum atomic E-state index is -3.83. The molecule has 0 amide bonds. The van der Waals surface area contributed by atoms with Crippen molar-refractivity contribution >= 4 is 21.1 Å². The Morgan fingerprint density at radius 3 is 2.39 bits per heavy atom. The van der Waals surface area contributed by atoms with Gasteiger partial charge in [-0.15, -0.1) is 0 Å². The number of rotatable bonds is 2. The highest BCUT2D eigenvalue weighted by atomic mass is 32.2. The fraction of sp³-hybridized carbons (Fsp3) is 0.100. The van der Waals surface area contributed by atoms with Crippen LogP contribution in [0.2, 0.25) is 0 Å². The van der Waals surface area contributed by atoms with Gasteiger partial charge in [0.25, 0.3) is 0 Å². The molecule has 96 valence electrons. The zero-order valence-corrected chi connectivity index (χ0v) is 9.89. The van der Waals surface area contributed by atoms with Crippen LogP contribution in [0.1, 0.15) is 0 Å². The Balaban J connectivity index is 2.80. The second kappa shape index (κ2) is 3.91. The molecule has 0 unspecified atom stereocenters. The van der Waals surface area contributed by atoms with Crippen LogP contribution in [-0.4, -0.2) is 24.9 Å². The molecule has 0 aliphatic carbocycles. The topological polar surface area (TPSA) is 114 Å². The molecule has 0 saturated carbocycles. The second-order valence-corrected chi connectivity index (χ2v) is 5.13. The first-order valence-corrected chi connectivity index (χ1v) is 6.47. The Hall–Kier alpha value is -2.22. The number of phenols is 2. The second-order valence-electron chi connectivity index (χ2n) is 3.55. The number of fused-ring (bicyclic) bond motifs is 1. The zero-order chi connectivity index (χ0) is 13.5. The van der Waals surface area contributed by atoms with Crippen LogP contribution in [0.3, 0.4) is 0 Å². The average molecular weight is 272 g/mol. The van der Waals surface area contributed by atoms with Gasteiger partial charge >= 0.3 is 15.7 Å². The van der Waals surface area contributed by atoms with E-state index in [1.54, 1.807) is 0 Å². The first-order chi connectivity index (χ1) is 8.26. The maximum Gasteiger partial charge on any atom is 0.340 e. The van der Waals surface area contributed by atoms with Gasteiger partial charge in [-0.3, -0.25) is 0 Å². The summed E-state index contributed by atoms with van der Waals surface area (Å²) >= 11 is 0. The highest BCUT2D eigenvalue weighted by Crippen LogP contribution is 2.34. The van der Waals surface area contributed by atoms with Gasteiger partial charge < -0.3 is 18.8 Å². The minimum Gasteiger partial charge on any atom is -0.504 e. The van der Waals surface area contributed by atoms with Gasteiger partial charge in [-0.1, -0.05) is 0 Å². The molecule has 1 aromatic heterocycles. The summed E-state index contributed by atoms with van der Waals surface area (Å²) in [6.07, 6.45) is 0.813. The predicted molar refractivity (Wildman–Crippen MR) is 61.3 cm³/mol. The van der Waals surface area contributed by atoms with Crippen LogP contribution < -0.4 is 9.81 Å². The summed E-state index contributed by atoms with van der Waals surface area (Å²) in [5.74, 6) is -1.27. The quantitative estimate of drug-likeness (QED) is 0.466. The van der Waals surface area contributed by atoms with Gasteiger partial charge in [0.05, 0.1) is 17.7 Å². The van der Waals surface area contributed by atoms with Crippen LogP contribution in [0.4, 0.5) is 0 Å². The van der Waals surface area contributed by atoms with E-state index >= 15 is 0 Å². The smallest absolute Gasteiger partial charge is 0.340 e. The number of aromatic hydroxyl groups is 2. The molecule has 0 aliphatic rings. The molecule has 2 rings (SSSR count). The summed E-state index contributed by atoms with van der Waals surface area (Å²) < 4.78 is 31.4. The molecule has 2 aromatic rings. The molecule has 0 saturated heterocycles. The number of benzene rings is 1. The summed E-state index contributed by atoms with van der Waals surface area (Å²) in [5.41, 5.74) is -0.942. The summed E-state index contributed by atoms with van der Waals surface area (Å²) in [6.45, 7) is 0. The van der Waals surface area contributed by atoms with E-state index in [1.807, 2.05) is 0 Å². The molecule has 1 heterocycles. The SMILES string of the molecule is CS(=O)(=O)Oc1cc(=O)oc2cc(O)c(O)cc12. The number of hydrogen-bond acceptors (Lipinski definition) is 7. The first kappa shape index (κ1) is 12.2. The molecule has 0 atom stereocenters. The Labute approximate surface area is 101 Å². The lowest BCUT2D eigenvalue weighted by atomic mass is 10.2. The van der Waals surface area contributed by atoms with Crippen molar-refractivity contribution in [2.75, 3.05) is 6.26 Å². The third-order valence-corrected chi connectivity index (χ3v) is 2.53. The van der Waals surface area contributed by atoms with E-state index in [4.69, 9.17) is 4.42 Å². The molecular formula is C10H8O7S. The van der Waals surface area contributed by atoms with Crippen LogP contribution in [-0.2, 0) is 10.1 Å². The molecule has 2 N–H and O–H groups in total. The molecule has 7 nitrogen and oxygen atoms in total. The maximum atomic E-state index is 11.2. The average Bonchev–Trinajstić information content (AvgIpc) is 2.18. The van der Waals surface area contributed by atoms with Crippen molar-refractivity contribution in [3.63, 3.8) is 0 Å². The predicted octanol–water partition coefficient (Wildman–Crippen LogP) is 0.543. The minimum absolute atomic E-state index is 0.0512. The van der Waals surface area contributed by atoms with Crippen molar-refractivity contribution in [1.29, 1.82) is 0 Å². The third-order valence-electron chi connectivity index (χ3n) is 2.04. The molecule has 8 heteroatoms. The van der Waals surface area contributed by atoms with Crippen molar-refractivity contribution < 1.29 is 27.2 Å². The normalized spacial score (nSPS) is 11.6. The van der Waals surface area contributed by atoms with E-state index in [0.29, 0.717) is 0 Å². The fourth-order valence-corrected chi connectivity index (χ4v) is 1.85. The Kier molecular flexibility index (Phi) is 2.66. The van der Waals surface area contributed by atoms with Crippen molar-refractivity contribution in [2.24, 2.45) is 0 Å². The van der Waals surface area contributed by atoms with E-state index in [1.165, 1.54) is 0 Å². The highest BCUT2D eigenvalue weighted by Gasteiger charge is 2.14. The van der Waals surface area contributed by atoms with Gasteiger partial charge in [-0.05, 0) is 6.07 Å². The Morgan fingerprint density at radius 1 is 1.17 bits per heavy atom.